The van der Waals surface area contributed by atoms with Crippen LogP contribution in [0.3, 0.4) is 0 Å². The summed E-state index contributed by atoms with van der Waals surface area (Å²) in [5, 5.41) is 3.13. The lowest BCUT2D eigenvalue weighted by Gasteiger charge is -2.24. The Labute approximate surface area is 171 Å². The molecule has 1 atom stereocenters. The number of aryl methyl sites for hydroxylation is 2. The molecule has 0 saturated heterocycles. The molecule has 8 heteroatoms. The maximum atomic E-state index is 13.1. The standard InChI is InChI=1S/C21H26N2O5S/c1-14-9-15(2)11-17(10-14)13-28-18-5-6-20-19(12-18)22-7-8-23(29(20,25)26)16(3)21(24)27-4/h5-6,9-12,16,22H,7-8,13H2,1-4H3/t16-/m1/s1. The predicted octanol–water partition coefficient (Wildman–Crippen LogP) is 2.86. The number of fused-ring (bicyclic) bond motifs is 1. The van der Waals surface area contributed by atoms with Crippen LogP contribution in [0, 0.1) is 13.8 Å². The molecule has 2 aromatic carbocycles. The highest BCUT2D eigenvalue weighted by Gasteiger charge is 2.36. The summed E-state index contributed by atoms with van der Waals surface area (Å²) >= 11 is 0. The van der Waals surface area contributed by atoms with Gasteiger partial charge in [-0.1, -0.05) is 29.3 Å². The third-order valence-corrected chi connectivity index (χ3v) is 6.87. The molecule has 0 aliphatic carbocycles. The van der Waals surface area contributed by atoms with Crippen molar-refractivity contribution in [2.45, 2.75) is 38.3 Å². The van der Waals surface area contributed by atoms with Crippen molar-refractivity contribution in [3.05, 3.63) is 53.1 Å². The lowest BCUT2D eigenvalue weighted by Crippen LogP contribution is -2.44. The molecule has 156 valence electrons. The molecule has 0 amide bonds. The van der Waals surface area contributed by atoms with Crippen molar-refractivity contribution in [1.82, 2.24) is 4.31 Å². The highest BCUT2D eigenvalue weighted by molar-refractivity contribution is 7.89. The third kappa shape index (κ3) is 4.54. The number of nitrogens with one attached hydrogen (secondary N) is 1. The van der Waals surface area contributed by atoms with Crippen LogP contribution in [0.5, 0.6) is 5.75 Å². The van der Waals surface area contributed by atoms with E-state index in [1.807, 2.05) is 13.8 Å². The Hall–Kier alpha value is -2.58. The summed E-state index contributed by atoms with van der Waals surface area (Å²) in [4.78, 5) is 12.0. The second kappa shape index (κ2) is 8.42. The van der Waals surface area contributed by atoms with Crippen LogP contribution in [0.4, 0.5) is 5.69 Å². The van der Waals surface area contributed by atoms with Gasteiger partial charge < -0.3 is 14.8 Å². The quantitative estimate of drug-likeness (QED) is 0.752. The number of sulfonamides is 1. The van der Waals surface area contributed by atoms with E-state index in [2.05, 4.69) is 23.5 Å². The largest absolute Gasteiger partial charge is 0.489 e. The summed E-state index contributed by atoms with van der Waals surface area (Å²) in [6.45, 7) is 6.51. The van der Waals surface area contributed by atoms with Crippen molar-refractivity contribution in [1.29, 1.82) is 0 Å². The Balaban J connectivity index is 1.84. The first-order valence-electron chi connectivity index (χ1n) is 9.40. The molecular formula is C21H26N2O5S. The number of carbonyl (C=O) groups is 1. The monoisotopic (exact) mass is 418 g/mol. The van der Waals surface area contributed by atoms with Gasteiger partial charge in [-0.25, -0.2) is 8.42 Å². The van der Waals surface area contributed by atoms with Crippen molar-refractivity contribution in [2.24, 2.45) is 0 Å². The van der Waals surface area contributed by atoms with Gasteiger partial charge in [0.25, 0.3) is 0 Å². The number of rotatable bonds is 5. The van der Waals surface area contributed by atoms with Gasteiger partial charge in [-0.3, -0.25) is 4.79 Å². The average Bonchev–Trinajstić information content (AvgIpc) is 2.80. The number of ether oxygens (including phenoxy) is 2. The molecule has 0 radical (unpaired) electrons. The number of hydrogen-bond donors (Lipinski definition) is 1. The molecular weight excluding hydrogens is 392 g/mol. The number of benzene rings is 2. The van der Waals surface area contributed by atoms with Crippen molar-refractivity contribution in [3.63, 3.8) is 0 Å². The summed E-state index contributed by atoms with van der Waals surface area (Å²) in [6, 6.07) is 10.1. The Kier molecular flexibility index (Phi) is 6.14. The predicted molar refractivity (Wildman–Crippen MR) is 111 cm³/mol. The fraction of sp³-hybridized carbons (Fsp3) is 0.381. The zero-order valence-corrected chi connectivity index (χ0v) is 17.9. The second-order valence-corrected chi connectivity index (χ2v) is 9.04. The van der Waals surface area contributed by atoms with Crippen LogP contribution in [-0.4, -0.2) is 44.9 Å². The van der Waals surface area contributed by atoms with Gasteiger partial charge in [0.05, 0.1) is 12.8 Å². The number of nitrogens with zero attached hydrogens (tertiary/aromatic N) is 1. The molecule has 1 aliphatic heterocycles. The molecule has 1 N–H and O–H groups in total. The van der Waals surface area contributed by atoms with Gasteiger partial charge in [-0.05, 0) is 38.5 Å². The molecule has 29 heavy (non-hydrogen) atoms. The van der Waals surface area contributed by atoms with Gasteiger partial charge >= 0.3 is 5.97 Å². The SMILES string of the molecule is COC(=O)[C@@H](C)N1CCNc2cc(OCc3cc(C)cc(C)c3)ccc2S1(=O)=O. The molecule has 3 rings (SSSR count). The Morgan fingerprint density at radius 1 is 1.17 bits per heavy atom. The van der Waals surface area contributed by atoms with E-state index in [9.17, 15) is 13.2 Å². The summed E-state index contributed by atoms with van der Waals surface area (Å²) in [5.41, 5.74) is 3.84. The van der Waals surface area contributed by atoms with Gasteiger partial charge in [0.15, 0.2) is 0 Å². The lowest BCUT2D eigenvalue weighted by atomic mass is 10.1. The first kappa shape index (κ1) is 21.1. The Bertz CT molecular complexity index is 999. The number of carbonyl (C=O) groups excluding carboxylic acids is 1. The van der Waals surface area contributed by atoms with Gasteiger partial charge in [0.2, 0.25) is 10.0 Å². The molecule has 0 fully saturated rings. The maximum absolute atomic E-state index is 13.1. The van der Waals surface area contributed by atoms with Gasteiger partial charge in [-0.2, -0.15) is 4.31 Å². The minimum atomic E-state index is -3.85. The fourth-order valence-electron chi connectivity index (χ4n) is 3.52. The summed E-state index contributed by atoms with van der Waals surface area (Å²) in [5.74, 6) is -0.0227. The van der Waals surface area contributed by atoms with E-state index >= 15 is 0 Å². The van der Waals surface area contributed by atoms with Crippen molar-refractivity contribution in [2.75, 3.05) is 25.5 Å². The van der Waals surface area contributed by atoms with E-state index in [1.54, 1.807) is 12.1 Å². The van der Waals surface area contributed by atoms with Gasteiger partial charge in [-0.15, -0.1) is 0 Å². The smallest absolute Gasteiger partial charge is 0.323 e. The molecule has 7 nitrogen and oxygen atoms in total. The van der Waals surface area contributed by atoms with E-state index in [4.69, 9.17) is 9.47 Å². The first-order valence-corrected chi connectivity index (χ1v) is 10.8. The van der Waals surface area contributed by atoms with Crippen LogP contribution in [0.2, 0.25) is 0 Å². The lowest BCUT2D eigenvalue weighted by molar-refractivity contribution is -0.144. The Morgan fingerprint density at radius 3 is 2.52 bits per heavy atom. The number of hydrogen-bond acceptors (Lipinski definition) is 6. The molecule has 1 aliphatic rings. The van der Waals surface area contributed by atoms with Crippen LogP contribution >= 0.6 is 0 Å². The normalized spacial score (nSPS) is 16.8. The zero-order valence-electron chi connectivity index (χ0n) is 17.1. The topological polar surface area (TPSA) is 84.9 Å². The minimum absolute atomic E-state index is 0.115. The molecule has 2 aromatic rings. The molecule has 0 saturated carbocycles. The number of methoxy groups -OCH3 is 1. The molecule has 0 bridgehead atoms. The zero-order chi connectivity index (χ0) is 21.2. The first-order chi connectivity index (χ1) is 13.7. The van der Waals surface area contributed by atoms with Crippen molar-refractivity contribution >= 4 is 21.7 Å². The third-order valence-electron chi connectivity index (χ3n) is 4.85. The van der Waals surface area contributed by atoms with Crippen molar-refractivity contribution in [3.8, 4) is 5.75 Å². The minimum Gasteiger partial charge on any atom is -0.489 e. The summed E-state index contributed by atoms with van der Waals surface area (Å²) in [7, 11) is -2.61. The van der Waals surface area contributed by atoms with Crippen molar-refractivity contribution < 1.29 is 22.7 Å². The molecule has 0 unspecified atom stereocenters. The number of esters is 1. The van der Waals surface area contributed by atoms with Crippen LogP contribution < -0.4 is 10.1 Å². The van der Waals surface area contributed by atoms with Crippen LogP contribution in [0.15, 0.2) is 41.3 Å². The molecule has 0 aromatic heterocycles. The highest BCUT2D eigenvalue weighted by Crippen LogP contribution is 2.32. The van der Waals surface area contributed by atoms with Crippen LogP contribution in [-0.2, 0) is 26.2 Å². The number of anilines is 1. The highest BCUT2D eigenvalue weighted by atomic mass is 32.2. The van der Waals surface area contributed by atoms with Crippen LogP contribution in [0.25, 0.3) is 0 Å². The van der Waals surface area contributed by atoms with E-state index in [1.165, 1.54) is 20.1 Å². The van der Waals surface area contributed by atoms with Crippen LogP contribution in [0.1, 0.15) is 23.6 Å². The van der Waals surface area contributed by atoms with E-state index < -0.39 is 22.0 Å². The van der Waals surface area contributed by atoms with E-state index in [0.717, 1.165) is 21.0 Å². The van der Waals surface area contributed by atoms with Gasteiger partial charge in [0, 0.05) is 19.2 Å². The average molecular weight is 419 g/mol. The Morgan fingerprint density at radius 2 is 1.86 bits per heavy atom. The maximum Gasteiger partial charge on any atom is 0.323 e. The molecule has 0 spiro atoms. The van der Waals surface area contributed by atoms with E-state index in [0.29, 0.717) is 24.6 Å². The fourth-order valence-corrected chi connectivity index (χ4v) is 5.25. The molecule has 1 heterocycles. The summed E-state index contributed by atoms with van der Waals surface area (Å²) in [6.07, 6.45) is 0. The van der Waals surface area contributed by atoms with E-state index in [-0.39, 0.29) is 11.4 Å². The second-order valence-electron chi connectivity index (χ2n) is 7.18. The summed E-state index contributed by atoms with van der Waals surface area (Å²) < 4.78 is 37.9. The van der Waals surface area contributed by atoms with Gasteiger partial charge in [0.1, 0.15) is 23.3 Å².